The number of piperidine rings is 1. The van der Waals surface area contributed by atoms with Gasteiger partial charge >= 0.3 is 0 Å². The van der Waals surface area contributed by atoms with Crippen LogP contribution < -0.4 is 10.1 Å². The van der Waals surface area contributed by atoms with Gasteiger partial charge in [0.05, 0.1) is 12.0 Å². The molecule has 25 heavy (non-hydrogen) atoms. The summed E-state index contributed by atoms with van der Waals surface area (Å²) in [4.78, 5) is 16.8. The van der Waals surface area contributed by atoms with E-state index in [9.17, 15) is 4.79 Å². The molecule has 4 nitrogen and oxygen atoms in total. The van der Waals surface area contributed by atoms with Crippen LogP contribution in [0, 0.1) is 6.92 Å². The van der Waals surface area contributed by atoms with Crippen molar-refractivity contribution in [3.05, 3.63) is 40.1 Å². The van der Waals surface area contributed by atoms with Crippen molar-refractivity contribution < 1.29 is 9.53 Å². The summed E-state index contributed by atoms with van der Waals surface area (Å²) in [6, 6.07) is 10.4. The van der Waals surface area contributed by atoms with Crippen molar-refractivity contribution in [1.29, 1.82) is 0 Å². The molecule has 1 saturated heterocycles. The summed E-state index contributed by atoms with van der Waals surface area (Å²) in [5.41, 5.74) is 2.25. The second-order valence-corrected chi connectivity index (χ2v) is 7.44. The van der Waals surface area contributed by atoms with Crippen LogP contribution in [0.1, 0.15) is 27.4 Å². The normalized spacial score (nSPS) is 17.1. The predicted molar refractivity (Wildman–Crippen MR) is 106 cm³/mol. The first-order chi connectivity index (χ1) is 11.6. The molecule has 0 saturated carbocycles. The number of halogens is 1. The van der Waals surface area contributed by atoms with Gasteiger partial charge in [-0.05, 0) is 56.1 Å². The van der Waals surface area contributed by atoms with Crippen LogP contribution in [-0.4, -0.2) is 44.1 Å². The number of ether oxygens (including phenoxy) is 1. The molecule has 0 aliphatic carbocycles. The lowest BCUT2D eigenvalue weighted by Gasteiger charge is -2.32. The molecule has 1 N–H and O–H groups in total. The number of aryl methyl sites for hydroxylation is 1. The minimum atomic E-state index is 0. The van der Waals surface area contributed by atoms with Gasteiger partial charge in [-0.3, -0.25) is 4.79 Å². The number of amides is 1. The summed E-state index contributed by atoms with van der Waals surface area (Å²) in [6.45, 7) is 3.73. The Morgan fingerprint density at radius 1 is 1.32 bits per heavy atom. The predicted octanol–water partition coefficient (Wildman–Crippen LogP) is 3.98. The lowest BCUT2D eigenvalue weighted by molar-refractivity contribution is 0.0703. The molecule has 2 aromatic rings. The lowest BCUT2D eigenvalue weighted by atomic mass is 10.0. The first-order valence-corrected chi connectivity index (χ1v) is 9.15. The number of thiophene rings is 1. The number of hydrogen-bond acceptors (Lipinski definition) is 4. The van der Waals surface area contributed by atoms with Crippen LogP contribution in [0.4, 0.5) is 0 Å². The van der Waals surface area contributed by atoms with Gasteiger partial charge in [-0.2, -0.15) is 0 Å². The lowest BCUT2D eigenvalue weighted by Crippen LogP contribution is -2.46. The highest BCUT2D eigenvalue weighted by molar-refractivity contribution is 7.14. The fraction of sp³-hybridized carbons (Fsp3) is 0.421. The van der Waals surface area contributed by atoms with Crippen LogP contribution in [0.5, 0.6) is 5.75 Å². The van der Waals surface area contributed by atoms with E-state index < -0.39 is 0 Å². The van der Waals surface area contributed by atoms with Crippen molar-refractivity contribution in [3.8, 4) is 16.9 Å². The molecule has 1 fully saturated rings. The standard InChI is InChI=1S/C19H24N2O2S.ClH/c1-13-17(14-6-8-16(23-3)9-7-14)11-18(24-13)19(22)21-10-4-5-15(12-21)20-2;/h6-9,11,15,20H,4-5,10,12H2,1-3H3;1H. The van der Waals surface area contributed by atoms with E-state index in [-0.39, 0.29) is 18.3 Å². The molecule has 1 amide bonds. The molecule has 2 heterocycles. The molecule has 1 aliphatic rings. The highest BCUT2D eigenvalue weighted by Crippen LogP contribution is 2.33. The first-order valence-electron chi connectivity index (χ1n) is 8.33. The maximum atomic E-state index is 12.8. The number of likely N-dealkylation sites (tertiary alicyclic amines) is 1. The zero-order valence-electron chi connectivity index (χ0n) is 14.9. The Morgan fingerprint density at radius 3 is 2.68 bits per heavy atom. The monoisotopic (exact) mass is 380 g/mol. The van der Waals surface area contributed by atoms with Crippen molar-refractivity contribution in [1.82, 2.24) is 10.2 Å². The van der Waals surface area contributed by atoms with Gasteiger partial charge in [-0.25, -0.2) is 0 Å². The third-order valence-corrected chi connectivity index (χ3v) is 5.68. The Morgan fingerprint density at radius 2 is 2.04 bits per heavy atom. The van der Waals surface area contributed by atoms with E-state index in [4.69, 9.17) is 4.74 Å². The number of carbonyl (C=O) groups excluding carboxylic acids is 1. The van der Waals surface area contributed by atoms with E-state index in [0.29, 0.717) is 6.04 Å². The van der Waals surface area contributed by atoms with Gasteiger partial charge in [0, 0.05) is 24.0 Å². The SMILES string of the molecule is CNC1CCCN(C(=O)c2cc(-c3ccc(OC)cc3)c(C)s2)C1.Cl. The minimum absolute atomic E-state index is 0. The second-order valence-electron chi connectivity index (χ2n) is 6.19. The molecule has 3 rings (SSSR count). The summed E-state index contributed by atoms with van der Waals surface area (Å²) in [6.07, 6.45) is 2.20. The summed E-state index contributed by atoms with van der Waals surface area (Å²) >= 11 is 1.59. The number of nitrogens with one attached hydrogen (secondary N) is 1. The molecule has 6 heteroatoms. The number of carbonyl (C=O) groups is 1. The number of likely N-dealkylation sites (N-methyl/N-ethyl adjacent to an activating group) is 1. The van der Waals surface area contributed by atoms with E-state index in [1.54, 1.807) is 18.4 Å². The Labute approximate surface area is 159 Å². The molecule has 1 aromatic heterocycles. The molecule has 136 valence electrons. The molecule has 1 atom stereocenters. The molecular weight excluding hydrogens is 356 g/mol. The van der Waals surface area contributed by atoms with Crippen LogP contribution in [0.25, 0.3) is 11.1 Å². The molecule has 0 radical (unpaired) electrons. The third-order valence-electron chi connectivity index (χ3n) is 4.65. The Kier molecular flexibility index (Phi) is 6.87. The largest absolute Gasteiger partial charge is 0.497 e. The second kappa shape index (κ2) is 8.70. The molecule has 1 unspecified atom stereocenters. The number of nitrogens with zero attached hydrogens (tertiary/aromatic N) is 1. The van der Waals surface area contributed by atoms with Crippen LogP contribution in [0.15, 0.2) is 30.3 Å². The average Bonchev–Trinajstić information content (AvgIpc) is 3.03. The highest BCUT2D eigenvalue weighted by Gasteiger charge is 2.25. The minimum Gasteiger partial charge on any atom is -0.497 e. The van der Waals surface area contributed by atoms with E-state index >= 15 is 0 Å². The van der Waals surface area contributed by atoms with Gasteiger partial charge in [0.15, 0.2) is 0 Å². The average molecular weight is 381 g/mol. The molecule has 0 bridgehead atoms. The van der Waals surface area contributed by atoms with Crippen molar-refractivity contribution in [2.75, 3.05) is 27.2 Å². The first kappa shape index (κ1) is 19.8. The zero-order chi connectivity index (χ0) is 17.1. The number of hydrogen-bond donors (Lipinski definition) is 1. The summed E-state index contributed by atoms with van der Waals surface area (Å²) in [5, 5.41) is 3.29. The van der Waals surface area contributed by atoms with Gasteiger partial charge in [-0.15, -0.1) is 23.7 Å². The fourth-order valence-electron chi connectivity index (χ4n) is 3.20. The summed E-state index contributed by atoms with van der Waals surface area (Å²) in [5.74, 6) is 0.997. The summed E-state index contributed by atoms with van der Waals surface area (Å²) < 4.78 is 5.21. The topological polar surface area (TPSA) is 41.6 Å². The van der Waals surface area contributed by atoms with Crippen molar-refractivity contribution in [2.24, 2.45) is 0 Å². The van der Waals surface area contributed by atoms with Crippen LogP contribution in [0.2, 0.25) is 0 Å². The van der Waals surface area contributed by atoms with Gasteiger partial charge in [0.1, 0.15) is 5.75 Å². The maximum Gasteiger partial charge on any atom is 0.264 e. The quantitative estimate of drug-likeness (QED) is 0.872. The maximum absolute atomic E-state index is 12.8. The molecular formula is C19H25ClN2O2S. The number of rotatable bonds is 4. The Hall–Kier alpha value is -1.56. The van der Waals surface area contributed by atoms with Crippen molar-refractivity contribution in [3.63, 3.8) is 0 Å². The summed E-state index contributed by atoms with van der Waals surface area (Å²) in [7, 11) is 3.63. The Bertz CT molecular complexity index is 715. The van der Waals surface area contributed by atoms with Crippen LogP contribution in [0.3, 0.4) is 0 Å². The van der Waals surface area contributed by atoms with Gasteiger partial charge in [0.2, 0.25) is 0 Å². The molecule has 0 spiro atoms. The fourth-order valence-corrected chi connectivity index (χ4v) is 4.21. The van der Waals surface area contributed by atoms with E-state index in [1.165, 1.54) is 4.88 Å². The van der Waals surface area contributed by atoms with Crippen molar-refractivity contribution in [2.45, 2.75) is 25.8 Å². The van der Waals surface area contributed by atoms with Crippen LogP contribution >= 0.6 is 23.7 Å². The molecule has 1 aromatic carbocycles. The van der Waals surface area contributed by atoms with E-state index in [0.717, 1.165) is 47.7 Å². The van der Waals surface area contributed by atoms with Gasteiger partial charge < -0.3 is 15.0 Å². The Balaban J connectivity index is 0.00000225. The number of benzene rings is 1. The van der Waals surface area contributed by atoms with Gasteiger partial charge in [-0.1, -0.05) is 12.1 Å². The van der Waals surface area contributed by atoms with E-state index in [1.807, 2.05) is 42.3 Å². The van der Waals surface area contributed by atoms with E-state index in [2.05, 4.69) is 12.2 Å². The van der Waals surface area contributed by atoms with Gasteiger partial charge in [0.25, 0.3) is 5.91 Å². The number of methoxy groups -OCH3 is 1. The third kappa shape index (κ3) is 4.35. The van der Waals surface area contributed by atoms with Crippen molar-refractivity contribution >= 4 is 29.7 Å². The van der Waals surface area contributed by atoms with Crippen LogP contribution in [-0.2, 0) is 0 Å². The molecule has 1 aliphatic heterocycles. The highest BCUT2D eigenvalue weighted by atomic mass is 35.5. The smallest absolute Gasteiger partial charge is 0.264 e. The zero-order valence-corrected chi connectivity index (χ0v) is 16.5.